The Bertz CT molecular complexity index is 598. The number of aryl methyl sites for hydroxylation is 1. The Kier molecular flexibility index (Phi) is 4.99. The largest absolute Gasteiger partial charge is 0.312 e. The van der Waals surface area contributed by atoms with Gasteiger partial charge in [0.15, 0.2) is 0 Å². The molecule has 0 fully saturated rings. The van der Waals surface area contributed by atoms with Crippen LogP contribution in [0.1, 0.15) is 23.6 Å². The minimum Gasteiger partial charge on any atom is -0.312 e. The van der Waals surface area contributed by atoms with Crippen molar-refractivity contribution >= 4 is 20.6 Å². The summed E-state index contributed by atoms with van der Waals surface area (Å²) in [6.07, 6.45) is 2.93. The summed E-state index contributed by atoms with van der Waals surface area (Å²) in [5, 5.41) is 3.23. The minimum atomic E-state index is -3.06. The van der Waals surface area contributed by atoms with Crippen molar-refractivity contribution in [2.75, 3.05) is 24.8 Å². The van der Waals surface area contributed by atoms with Crippen LogP contribution in [-0.4, -0.2) is 42.7 Å². The van der Waals surface area contributed by atoms with Crippen molar-refractivity contribution in [3.05, 3.63) is 35.4 Å². The maximum Gasteiger partial charge on any atom is 0.148 e. The van der Waals surface area contributed by atoms with Crippen molar-refractivity contribution in [2.24, 2.45) is 0 Å². The molecular weight excluding hydrogens is 294 g/mol. The number of nitrogens with one attached hydrogen (secondary N) is 1. The Morgan fingerprint density at radius 1 is 1.35 bits per heavy atom. The molecule has 4 nitrogen and oxygen atoms in total. The number of hydrogen-bond acceptors (Lipinski definition) is 4. The molecule has 1 N–H and O–H groups in total. The summed E-state index contributed by atoms with van der Waals surface area (Å²) >= 11 is 0. The highest BCUT2D eigenvalue weighted by Crippen LogP contribution is 2.32. The Balaban J connectivity index is 2.15. The summed E-state index contributed by atoms with van der Waals surface area (Å²) in [5.74, 6) is 0.220. The lowest BCUT2D eigenvalue weighted by molar-refractivity contribution is 0.498. The van der Waals surface area contributed by atoms with Gasteiger partial charge in [0.05, 0.1) is 11.0 Å². The molecular formula is C14H21NO3S2. The van der Waals surface area contributed by atoms with Crippen molar-refractivity contribution < 1.29 is 12.6 Å². The molecule has 1 aromatic carbocycles. The quantitative estimate of drug-likeness (QED) is 0.882. The first-order chi connectivity index (χ1) is 9.42. The van der Waals surface area contributed by atoms with Crippen molar-refractivity contribution in [1.82, 2.24) is 5.32 Å². The molecule has 0 amide bonds. The zero-order valence-electron chi connectivity index (χ0n) is 11.8. The molecule has 112 valence electrons. The second-order valence-electron chi connectivity index (χ2n) is 5.26. The van der Waals surface area contributed by atoms with Gasteiger partial charge in [0.25, 0.3) is 0 Å². The van der Waals surface area contributed by atoms with Gasteiger partial charge in [-0.3, -0.25) is 4.21 Å². The minimum absolute atomic E-state index is 0.00576. The van der Waals surface area contributed by atoms with Gasteiger partial charge >= 0.3 is 0 Å². The number of fused-ring (bicyclic) bond motifs is 1. The number of benzene rings is 1. The van der Waals surface area contributed by atoms with Gasteiger partial charge < -0.3 is 5.32 Å². The van der Waals surface area contributed by atoms with E-state index in [-0.39, 0.29) is 22.8 Å². The van der Waals surface area contributed by atoms with Crippen molar-refractivity contribution in [3.8, 4) is 0 Å². The van der Waals surface area contributed by atoms with Crippen LogP contribution in [0.4, 0.5) is 0 Å². The van der Waals surface area contributed by atoms with Gasteiger partial charge in [-0.2, -0.15) is 0 Å². The van der Waals surface area contributed by atoms with Crippen molar-refractivity contribution in [3.63, 3.8) is 0 Å². The zero-order chi connectivity index (χ0) is 14.8. The molecule has 0 bridgehead atoms. The SMILES string of the molecule is CNC1c2ccccc2CCC1S(=O)CCS(C)(=O)=O. The predicted octanol–water partition coefficient (Wildman–Crippen LogP) is 1.06. The molecule has 1 aliphatic carbocycles. The predicted molar refractivity (Wildman–Crippen MR) is 83.1 cm³/mol. The zero-order valence-corrected chi connectivity index (χ0v) is 13.5. The first-order valence-corrected chi connectivity index (χ1v) is 10.2. The van der Waals surface area contributed by atoms with E-state index in [4.69, 9.17) is 0 Å². The van der Waals surface area contributed by atoms with Gasteiger partial charge in [-0.1, -0.05) is 24.3 Å². The molecule has 3 atom stereocenters. The highest BCUT2D eigenvalue weighted by Gasteiger charge is 2.32. The van der Waals surface area contributed by atoms with Gasteiger partial charge in [-0.05, 0) is 31.0 Å². The maximum atomic E-state index is 12.4. The summed E-state index contributed by atoms with van der Waals surface area (Å²) in [4.78, 5) is 0. The Hall–Kier alpha value is -0.720. The van der Waals surface area contributed by atoms with E-state index in [9.17, 15) is 12.6 Å². The van der Waals surface area contributed by atoms with E-state index in [1.807, 2.05) is 19.2 Å². The third-order valence-corrected chi connectivity index (χ3v) is 6.76. The van der Waals surface area contributed by atoms with E-state index < -0.39 is 20.6 Å². The average molecular weight is 315 g/mol. The summed E-state index contributed by atoms with van der Waals surface area (Å²) < 4.78 is 34.9. The average Bonchev–Trinajstić information content (AvgIpc) is 2.42. The van der Waals surface area contributed by atoms with E-state index in [0.717, 1.165) is 12.8 Å². The number of sulfone groups is 1. The summed E-state index contributed by atoms with van der Waals surface area (Å²) in [6, 6.07) is 8.23. The lowest BCUT2D eigenvalue weighted by atomic mass is 9.87. The molecule has 0 saturated heterocycles. The first-order valence-electron chi connectivity index (χ1n) is 6.72. The summed E-state index contributed by atoms with van der Waals surface area (Å²) in [6.45, 7) is 0. The second-order valence-corrected chi connectivity index (χ2v) is 9.29. The fraction of sp³-hybridized carbons (Fsp3) is 0.571. The molecule has 1 aliphatic rings. The second kappa shape index (κ2) is 6.37. The monoisotopic (exact) mass is 315 g/mol. The molecule has 6 heteroatoms. The molecule has 0 spiro atoms. The fourth-order valence-corrected chi connectivity index (χ4v) is 5.88. The standard InChI is InChI=1S/C14H21NO3S2/c1-15-14-12-6-4-3-5-11(12)7-8-13(14)19(16)9-10-20(2,17)18/h3-6,13-15H,7-10H2,1-2H3. The molecule has 0 aliphatic heterocycles. The first kappa shape index (κ1) is 15.7. The third-order valence-electron chi connectivity index (χ3n) is 3.76. The van der Waals surface area contributed by atoms with E-state index in [1.54, 1.807) is 0 Å². The van der Waals surface area contributed by atoms with Crippen LogP contribution in [0.25, 0.3) is 0 Å². The molecule has 1 aromatic rings. The topological polar surface area (TPSA) is 63.2 Å². The maximum absolute atomic E-state index is 12.4. The third kappa shape index (κ3) is 3.68. The fourth-order valence-electron chi connectivity index (χ4n) is 2.74. The Labute approximate surface area is 123 Å². The van der Waals surface area contributed by atoms with E-state index >= 15 is 0 Å². The van der Waals surface area contributed by atoms with Gasteiger partial charge in [-0.15, -0.1) is 0 Å². The molecule has 0 heterocycles. The summed E-state index contributed by atoms with van der Waals surface area (Å²) in [5.41, 5.74) is 2.49. The number of hydrogen-bond donors (Lipinski definition) is 1. The van der Waals surface area contributed by atoms with E-state index in [2.05, 4.69) is 17.4 Å². The van der Waals surface area contributed by atoms with Crippen molar-refractivity contribution in [2.45, 2.75) is 24.1 Å². The lowest BCUT2D eigenvalue weighted by Crippen LogP contribution is -2.38. The van der Waals surface area contributed by atoms with E-state index in [1.165, 1.54) is 17.4 Å². The Morgan fingerprint density at radius 3 is 2.70 bits per heavy atom. The molecule has 20 heavy (non-hydrogen) atoms. The number of rotatable bonds is 5. The van der Waals surface area contributed by atoms with Crippen molar-refractivity contribution in [1.29, 1.82) is 0 Å². The van der Waals surface area contributed by atoms with E-state index in [0.29, 0.717) is 0 Å². The molecule has 2 rings (SSSR count). The van der Waals surface area contributed by atoms with Gasteiger partial charge in [0.2, 0.25) is 0 Å². The molecule has 0 aromatic heterocycles. The smallest absolute Gasteiger partial charge is 0.148 e. The van der Waals surface area contributed by atoms with Crippen LogP contribution in [0, 0.1) is 0 Å². The highest BCUT2D eigenvalue weighted by molar-refractivity contribution is 7.92. The van der Waals surface area contributed by atoms with Crippen LogP contribution in [-0.2, 0) is 27.1 Å². The van der Waals surface area contributed by atoms with Gasteiger partial charge in [-0.25, -0.2) is 8.42 Å². The Morgan fingerprint density at radius 2 is 2.05 bits per heavy atom. The highest BCUT2D eigenvalue weighted by atomic mass is 32.2. The van der Waals surface area contributed by atoms with Crippen LogP contribution >= 0.6 is 0 Å². The van der Waals surface area contributed by atoms with Gasteiger partial charge in [0, 0.05) is 28.9 Å². The summed E-state index contributed by atoms with van der Waals surface area (Å²) in [7, 11) is -2.32. The van der Waals surface area contributed by atoms with Crippen LogP contribution in [0.3, 0.4) is 0 Å². The normalized spacial score (nSPS) is 24.1. The van der Waals surface area contributed by atoms with Gasteiger partial charge in [0.1, 0.15) is 9.84 Å². The molecule has 0 saturated carbocycles. The van der Waals surface area contributed by atoms with Crippen LogP contribution in [0.2, 0.25) is 0 Å². The van der Waals surface area contributed by atoms with Crippen LogP contribution in [0.5, 0.6) is 0 Å². The lowest BCUT2D eigenvalue weighted by Gasteiger charge is -2.32. The van der Waals surface area contributed by atoms with Crippen LogP contribution < -0.4 is 5.32 Å². The molecule has 0 radical (unpaired) electrons. The molecule has 3 unspecified atom stereocenters. The van der Waals surface area contributed by atoms with Crippen LogP contribution in [0.15, 0.2) is 24.3 Å².